The van der Waals surface area contributed by atoms with Crippen LogP contribution < -0.4 is 10.2 Å². The third-order valence-electron chi connectivity index (χ3n) is 6.18. The first kappa shape index (κ1) is 17.0. The number of likely N-dealkylation sites (tertiary alicyclic amines) is 1. The van der Waals surface area contributed by atoms with Crippen LogP contribution >= 0.6 is 0 Å². The summed E-state index contributed by atoms with van der Waals surface area (Å²) in [5.41, 5.74) is 0.868. The molecule has 0 radical (unpaired) electrons. The van der Waals surface area contributed by atoms with Crippen molar-refractivity contribution < 1.29 is 4.79 Å². The molecule has 1 saturated carbocycles. The molecule has 2 amide bonds. The summed E-state index contributed by atoms with van der Waals surface area (Å²) in [7, 11) is 3.96. The Kier molecular flexibility index (Phi) is 3.96. The monoisotopic (exact) mass is 380 g/mol. The van der Waals surface area contributed by atoms with Crippen LogP contribution in [0.25, 0.3) is 11.0 Å². The Balaban J connectivity index is 1.23. The summed E-state index contributed by atoms with van der Waals surface area (Å²) in [6.07, 6.45) is 7.49. The molecule has 0 unspecified atom stereocenters. The van der Waals surface area contributed by atoms with E-state index in [0.717, 1.165) is 42.8 Å². The molecule has 9 nitrogen and oxygen atoms in total. The molecule has 146 valence electrons. The zero-order valence-corrected chi connectivity index (χ0v) is 16.0. The van der Waals surface area contributed by atoms with Crippen molar-refractivity contribution in [2.75, 3.05) is 30.4 Å². The van der Waals surface area contributed by atoms with Crippen LogP contribution in [0.4, 0.5) is 16.4 Å². The fraction of sp³-hybridized carbons (Fsp3) is 0.474. The maximum Gasteiger partial charge on any atom is 0.323 e. The van der Waals surface area contributed by atoms with Crippen LogP contribution in [0.2, 0.25) is 0 Å². The zero-order valence-electron chi connectivity index (χ0n) is 16.0. The molecule has 2 fully saturated rings. The number of H-pyrrole nitrogens is 1. The fourth-order valence-corrected chi connectivity index (χ4v) is 4.73. The van der Waals surface area contributed by atoms with E-state index in [-0.39, 0.29) is 6.03 Å². The second kappa shape index (κ2) is 6.50. The fourth-order valence-electron chi connectivity index (χ4n) is 4.73. The van der Waals surface area contributed by atoms with Crippen LogP contribution in [0.15, 0.2) is 30.9 Å². The predicted octanol–water partition coefficient (Wildman–Crippen LogP) is 2.07. The van der Waals surface area contributed by atoms with Gasteiger partial charge >= 0.3 is 6.03 Å². The average Bonchev–Trinajstić information content (AvgIpc) is 3.43. The highest BCUT2D eigenvalue weighted by Gasteiger charge is 2.44. The lowest BCUT2D eigenvalue weighted by Crippen LogP contribution is -2.36. The topological polar surface area (TPSA) is 95.0 Å². The summed E-state index contributed by atoms with van der Waals surface area (Å²) in [4.78, 5) is 28.7. The van der Waals surface area contributed by atoms with Crippen molar-refractivity contribution in [3.05, 3.63) is 30.9 Å². The minimum atomic E-state index is -0.0529. The number of urea groups is 1. The average molecular weight is 380 g/mol. The number of fused-ring (bicyclic) bond motifs is 2. The summed E-state index contributed by atoms with van der Waals surface area (Å²) < 4.78 is 1.68. The van der Waals surface area contributed by atoms with Gasteiger partial charge in [-0.1, -0.05) is 0 Å². The number of carbonyl (C=O) groups excluding carboxylic acids is 1. The highest BCUT2D eigenvalue weighted by molar-refractivity contribution is 5.88. The summed E-state index contributed by atoms with van der Waals surface area (Å²) in [6, 6.07) is 4.22. The Morgan fingerprint density at radius 1 is 1.25 bits per heavy atom. The standard InChI is InChI=1S/C19H24N8O/c1-25-6-4-16(24-25)23-19(28)27-9-12-7-14(8-13(12)10-27)26(2)18-15-3-5-20-17(15)21-11-22-18/h3-6,11-14H,7-10H2,1-2H3,(H,20,21,22)(H,23,24,28)/t12-,13+,14+. The number of nitrogens with one attached hydrogen (secondary N) is 2. The first-order chi connectivity index (χ1) is 13.6. The summed E-state index contributed by atoms with van der Waals surface area (Å²) in [6.45, 7) is 1.61. The van der Waals surface area contributed by atoms with Gasteiger partial charge in [0.1, 0.15) is 17.8 Å². The van der Waals surface area contributed by atoms with E-state index < -0.39 is 0 Å². The van der Waals surface area contributed by atoms with Gasteiger partial charge in [-0.2, -0.15) is 5.10 Å². The van der Waals surface area contributed by atoms with Gasteiger partial charge in [0.2, 0.25) is 0 Å². The summed E-state index contributed by atoms with van der Waals surface area (Å²) in [5, 5.41) is 8.17. The third kappa shape index (κ3) is 2.87. The number of hydrogen-bond donors (Lipinski definition) is 2. The van der Waals surface area contributed by atoms with E-state index in [2.05, 4.69) is 37.3 Å². The number of aryl methyl sites for hydroxylation is 1. The predicted molar refractivity (Wildman–Crippen MR) is 106 cm³/mol. The van der Waals surface area contributed by atoms with Crippen LogP contribution in [0, 0.1) is 11.8 Å². The van der Waals surface area contributed by atoms with Crippen LogP contribution in [0.1, 0.15) is 12.8 Å². The van der Waals surface area contributed by atoms with Crippen molar-refractivity contribution in [2.45, 2.75) is 18.9 Å². The molecule has 4 heterocycles. The van der Waals surface area contributed by atoms with Gasteiger partial charge in [0.25, 0.3) is 0 Å². The van der Waals surface area contributed by atoms with Crippen molar-refractivity contribution in [2.24, 2.45) is 18.9 Å². The van der Waals surface area contributed by atoms with Crippen LogP contribution in [0.3, 0.4) is 0 Å². The molecule has 28 heavy (non-hydrogen) atoms. The van der Waals surface area contributed by atoms with Crippen molar-refractivity contribution >= 4 is 28.7 Å². The van der Waals surface area contributed by atoms with E-state index >= 15 is 0 Å². The molecule has 1 saturated heterocycles. The number of anilines is 2. The minimum absolute atomic E-state index is 0.0529. The zero-order chi connectivity index (χ0) is 19.3. The van der Waals surface area contributed by atoms with E-state index in [9.17, 15) is 4.79 Å². The third-order valence-corrected chi connectivity index (χ3v) is 6.18. The normalized spacial score (nSPS) is 23.9. The Morgan fingerprint density at radius 3 is 2.75 bits per heavy atom. The molecule has 0 spiro atoms. The second-order valence-electron chi connectivity index (χ2n) is 7.90. The molecule has 1 aliphatic carbocycles. The molecule has 9 heteroatoms. The Hall–Kier alpha value is -3.10. The lowest BCUT2D eigenvalue weighted by molar-refractivity contribution is 0.218. The van der Waals surface area contributed by atoms with Gasteiger partial charge in [-0.05, 0) is 30.7 Å². The SMILES string of the molecule is CN(c1ncnc2[nH]ccc12)[C@H]1C[C@@H]2CN(C(=O)Nc3ccn(C)n3)C[C@@H]2C1. The van der Waals surface area contributed by atoms with Crippen LogP contribution in [-0.4, -0.2) is 61.8 Å². The molecule has 3 atom stereocenters. The van der Waals surface area contributed by atoms with Crippen LogP contribution in [-0.2, 0) is 7.05 Å². The molecule has 0 aromatic carbocycles. The Labute approximate surface area is 162 Å². The van der Waals surface area contributed by atoms with Gasteiger partial charge in [0, 0.05) is 51.7 Å². The molecule has 2 aliphatic rings. The van der Waals surface area contributed by atoms with Gasteiger partial charge in [-0.3, -0.25) is 10.00 Å². The first-order valence-corrected chi connectivity index (χ1v) is 9.65. The van der Waals surface area contributed by atoms with E-state index in [1.54, 1.807) is 11.0 Å². The number of rotatable bonds is 3. The maximum atomic E-state index is 12.5. The lowest BCUT2D eigenvalue weighted by atomic mass is 10.0. The highest BCUT2D eigenvalue weighted by atomic mass is 16.2. The number of carbonyl (C=O) groups is 1. The number of aromatic amines is 1. The van der Waals surface area contributed by atoms with Gasteiger partial charge in [-0.25, -0.2) is 14.8 Å². The molecule has 5 rings (SSSR count). The van der Waals surface area contributed by atoms with Crippen molar-refractivity contribution in [3.63, 3.8) is 0 Å². The van der Waals surface area contributed by atoms with E-state index in [4.69, 9.17) is 0 Å². The second-order valence-corrected chi connectivity index (χ2v) is 7.90. The quantitative estimate of drug-likeness (QED) is 0.725. The summed E-state index contributed by atoms with van der Waals surface area (Å²) >= 11 is 0. The Morgan fingerprint density at radius 2 is 2.04 bits per heavy atom. The minimum Gasteiger partial charge on any atom is -0.356 e. The van der Waals surface area contributed by atoms with Crippen LogP contribution in [0.5, 0.6) is 0 Å². The van der Waals surface area contributed by atoms with Crippen molar-refractivity contribution in [3.8, 4) is 0 Å². The molecule has 2 N–H and O–H groups in total. The molecule has 0 bridgehead atoms. The van der Waals surface area contributed by atoms with Gasteiger partial charge in [-0.15, -0.1) is 0 Å². The van der Waals surface area contributed by atoms with E-state index in [1.807, 2.05) is 36.5 Å². The smallest absolute Gasteiger partial charge is 0.323 e. The number of aromatic nitrogens is 5. The van der Waals surface area contributed by atoms with Crippen molar-refractivity contribution in [1.29, 1.82) is 0 Å². The number of amides is 2. The molecular formula is C19H24N8O. The number of nitrogens with zero attached hydrogens (tertiary/aromatic N) is 6. The van der Waals surface area contributed by atoms with Gasteiger partial charge in [0.05, 0.1) is 5.39 Å². The van der Waals surface area contributed by atoms with E-state index in [1.165, 1.54) is 0 Å². The number of hydrogen-bond acceptors (Lipinski definition) is 5. The van der Waals surface area contributed by atoms with E-state index in [0.29, 0.717) is 23.7 Å². The summed E-state index contributed by atoms with van der Waals surface area (Å²) in [5.74, 6) is 2.64. The lowest BCUT2D eigenvalue weighted by Gasteiger charge is -2.28. The molecule has 1 aliphatic heterocycles. The van der Waals surface area contributed by atoms with Gasteiger partial charge < -0.3 is 14.8 Å². The maximum absolute atomic E-state index is 12.5. The largest absolute Gasteiger partial charge is 0.356 e. The highest BCUT2D eigenvalue weighted by Crippen LogP contribution is 2.41. The molecule has 3 aromatic rings. The first-order valence-electron chi connectivity index (χ1n) is 9.65. The van der Waals surface area contributed by atoms with Crippen molar-refractivity contribution in [1.82, 2.24) is 29.6 Å². The van der Waals surface area contributed by atoms with Gasteiger partial charge in [0.15, 0.2) is 5.82 Å². The Bertz CT molecular complexity index is 996. The molecular weight excluding hydrogens is 356 g/mol. The molecule has 3 aromatic heterocycles.